The van der Waals surface area contributed by atoms with Gasteiger partial charge in [-0.2, -0.15) is 0 Å². The number of nitrogens with one attached hydrogen (secondary N) is 1. The first kappa shape index (κ1) is 24.2. The minimum absolute atomic E-state index is 0.00619. The van der Waals surface area contributed by atoms with Crippen LogP contribution in [0.15, 0.2) is 42.6 Å². The van der Waals surface area contributed by atoms with Crippen LogP contribution in [0.3, 0.4) is 0 Å². The maximum atomic E-state index is 12.9. The van der Waals surface area contributed by atoms with Gasteiger partial charge in [0.05, 0.1) is 32.6 Å². The van der Waals surface area contributed by atoms with E-state index in [2.05, 4.69) is 53.4 Å². The molecular formula is C27H29N3O5. The van der Waals surface area contributed by atoms with Crippen LogP contribution in [0, 0.1) is 0 Å². The van der Waals surface area contributed by atoms with Gasteiger partial charge in [-0.25, -0.2) is 9.97 Å². The van der Waals surface area contributed by atoms with E-state index in [9.17, 15) is 9.59 Å². The van der Waals surface area contributed by atoms with Crippen molar-refractivity contribution in [1.29, 1.82) is 0 Å². The lowest BCUT2D eigenvalue weighted by atomic mass is 9.81. The Labute approximate surface area is 204 Å². The van der Waals surface area contributed by atoms with Crippen LogP contribution in [0.4, 0.5) is 5.95 Å². The number of nitrogens with zero attached hydrogens (tertiary/aromatic N) is 2. The molecule has 0 saturated heterocycles. The van der Waals surface area contributed by atoms with Crippen molar-refractivity contribution in [1.82, 2.24) is 9.97 Å². The highest BCUT2D eigenvalue weighted by molar-refractivity contribution is 6.04. The zero-order chi connectivity index (χ0) is 25.1. The summed E-state index contributed by atoms with van der Waals surface area (Å²) >= 11 is 0. The van der Waals surface area contributed by atoms with E-state index in [1.54, 1.807) is 12.1 Å². The van der Waals surface area contributed by atoms with Crippen molar-refractivity contribution in [3.8, 4) is 17.2 Å². The molecule has 0 spiro atoms. The lowest BCUT2D eigenvalue weighted by Gasteiger charge is -2.23. The molecule has 4 rings (SSSR count). The third kappa shape index (κ3) is 4.96. The van der Waals surface area contributed by atoms with Crippen LogP contribution in [0.2, 0.25) is 0 Å². The average Bonchev–Trinajstić information content (AvgIpc) is 2.87. The summed E-state index contributed by atoms with van der Waals surface area (Å²) < 4.78 is 16.0. The molecule has 0 aliphatic heterocycles. The maximum absolute atomic E-state index is 12.9. The molecular weight excluding hydrogens is 446 g/mol. The standard InChI is InChI=1S/C27H29N3O5/c1-15(2)16-6-8-17(9-7-16)18-10-21-20(22(31)11-18)14-28-27(29-21)30-26(32)19-12-23(33-3)25(35-5)24(13-19)34-4/h6-9,12-15,18H,10-11H2,1-5H3,(H,28,29,30,32). The number of carbonyl (C=O) groups excluding carboxylic acids is 2. The van der Waals surface area contributed by atoms with E-state index in [-0.39, 0.29) is 17.6 Å². The summed E-state index contributed by atoms with van der Waals surface area (Å²) in [6.45, 7) is 4.31. The highest BCUT2D eigenvalue weighted by Gasteiger charge is 2.28. The molecule has 1 aliphatic rings. The maximum Gasteiger partial charge on any atom is 0.258 e. The van der Waals surface area contributed by atoms with Gasteiger partial charge in [-0.15, -0.1) is 0 Å². The van der Waals surface area contributed by atoms with Gasteiger partial charge >= 0.3 is 0 Å². The molecule has 1 unspecified atom stereocenters. The fraction of sp³-hybridized carbons (Fsp3) is 0.333. The summed E-state index contributed by atoms with van der Waals surface area (Å²) in [7, 11) is 4.46. The third-order valence-electron chi connectivity index (χ3n) is 6.27. The summed E-state index contributed by atoms with van der Waals surface area (Å²) in [6.07, 6.45) is 2.50. The zero-order valence-electron chi connectivity index (χ0n) is 20.5. The van der Waals surface area contributed by atoms with Crippen LogP contribution >= 0.6 is 0 Å². The Kier molecular flexibility index (Phi) is 7.00. The van der Waals surface area contributed by atoms with Gasteiger partial charge in [-0.1, -0.05) is 38.1 Å². The zero-order valence-corrected chi connectivity index (χ0v) is 20.5. The molecule has 2 aromatic carbocycles. The monoisotopic (exact) mass is 475 g/mol. The van der Waals surface area contributed by atoms with E-state index in [4.69, 9.17) is 14.2 Å². The van der Waals surface area contributed by atoms with Crippen molar-refractivity contribution in [3.63, 3.8) is 0 Å². The van der Waals surface area contributed by atoms with Crippen LogP contribution in [0.5, 0.6) is 17.2 Å². The van der Waals surface area contributed by atoms with Crippen molar-refractivity contribution in [3.05, 3.63) is 70.5 Å². The smallest absolute Gasteiger partial charge is 0.258 e. The number of methoxy groups -OCH3 is 3. The van der Waals surface area contributed by atoms with Gasteiger partial charge in [0, 0.05) is 18.2 Å². The topological polar surface area (TPSA) is 99.6 Å². The summed E-state index contributed by atoms with van der Waals surface area (Å²) in [6, 6.07) is 11.5. The molecule has 182 valence electrons. The van der Waals surface area contributed by atoms with Crippen molar-refractivity contribution >= 4 is 17.6 Å². The molecule has 0 saturated carbocycles. The molecule has 35 heavy (non-hydrogen) atoms. The Morgan fingerprint density at radius 3 is 2.23 bits per heavy atom. The van der Waals surface area contributed by atoms with E-state index < -0.39 is 5.91 Å². The number of fused-ring (bicyclic) bond motifs is 1. The molecule has 0 bridgehead atoms. The van der Waals surface area contributed by atoms with Crippen LogP contribution in [-0.2, 0) is 6.42 Å². The lowest BCUT2D eigenvalue weighted by Crippen LogP contribution is -2.22. The summed E-state index contributed by atoms with van der Waals surface area (Å²) in [4.78, 5) is 34.5. The molecule has 1 amide bonds. The van der Waals surface area contributed by atoms with E-state index in [0.29, 0.717) is 52.8 Å². The van der Waals surface area contributed by atoms with E-state index in [1.165, 1.54) is 33.1 Å². The van der Waals surface area contributed by atoms with Gasteiger partial charge in [0.15, 0.2) is 17.3 Å². The molecule has 1 aliphatic carbocycles. The van der Waals surface area contributed by atoms with Crippen LogP contribution in [-0.4, -0.2) is 43.0 Å². The molecule has 0 fully saturated rings. The first-order valence-corrected chi connectivity index (χ1v) is 11.4. The van der Waals surface area contributed by atoms with Gasteiger partial charge in [0.25, 0.3) is 5.91 Å². The Morgan fingerprint density at radius 1 is 1.00 bits per heavy atom. The van der Waals surface area contributed by atoms with Gasteiger partial charge in [0.1, 0.15) is 0 Å². The molecule has 3 aromatic rings. The second-order valence-corrected chi connectivity index (χ2v) is 8.77. The number of ether oxygens (including phenoxy) is 3. The highest BCUT2D eigenvalue weighted by Crippen LogP contribution is 2.38. The minimum Gasteiger partial charge on any atom is -0.493 e. The Hall–Kier alpha value is -3.94. The number of ketones is 1. The largest absolute Gasteiger partial charge is 0.493 e. The Morgan fingerprint density at radius 2 is 1.66 bits per heavy atom. The summed E-state index contributed by atoms with van der Waals surface area (Å²) in [5, 5.41) is 2.71. The van der Waals surface area contributed by atoms with E-state index >= 15 is 0 Å². The second kappa shape index (κ2) is 10.1. The predicted octanol–water partition coefficient (Wildman–Crippen LogP) is 4.79. The van der Waals surface area contributed by atoms with Crippen molar-refractivity contribution in [2.45, 2.75) is 38.5 Å². The van der Waals surface area contributed by atoms with Crippen LogP contribution < -0.4 is 19.5 Å². The molecule has 0 radical (unpaired) electrons. The lowest BCUT2D eigenvalue weighted by molar-refractivity contribution is 0.0962. The van der Waals surface area contributed by atoms with Crippen molar-refractivity contribution in [2.75, 3.05) is 26.6 Å². The minimum atomic E-state index is -0.438. The number of Topliss-reactive ketones (excluding diaryl/α,β-unsaturated/α-hetero) is 1. The van der Waals surface area contributed by atoms with Gasteiger partial charge in [-0.05, 0) is 41.5 Å². The summed E-state index contributed by atoms with van der Waals surface area (Å²) in [5.41, 5.74) is 3.80. The van der Waals surface area contributed by atoms with Crippen LogP contribution in [0.25, 0.3) is 0 Å². The molecule has 8 nitrogen and oxygen atoms in total. The van der Waals surface area contributed by atoms with E-state index in [1.807, 2.05) is 0 Å². The number of benzene rings is 2. The van der Waals surface area contributed by atoms with Crippen LogP contribution in [0.1, 0.15) is 69.6 Å². The first-order valence-electron chi connectivity index (χ1n) is 11.4. The molecule has 1 aromatic heterocycles. The number of hydrogen-bond donors (Lipinski definition) is 1. The third-order valence-corrected chi connectivity index (χ3v) is 6.27. The van der Waals surface area contributed by atoms with Gasteiger partial charge in [-0.3, -0.25) is 14.9 Å². The fourth-order valence-corrected chi connectivity index (χ4v) is 4.28. The SMILES string of the molecule is COc1cc(C(=O)Nc2ncc3c(n2)CC(c2ccc(C(C)C)cc2)CC3=O)cc(OC)c1OC. The number of anilines is 1. The summed E-state index contributed by atoms with van der Waals surface area (Å²) in [5.74, 6) is 1.29. The molecule has 1 heterocycles. The van der Waals surface area contributed by atoms with Gasteiger partial charge in [0.2, 0.25) is 11.7 Å². The number of amides is 1. The van der Waals surface area contributed by atoms with Crippen molar-refractivity contribution < 1.29 is 23.8 Å². The predicted molar refractivity (Wildman–Crippen MR) is 132 cm³/mol. The average molecular weight is 476 g/mol. The highest BCUT2D eigenvalue weighted by atomic mass is 16.5. The van der Waals surface area contributed by atoms with E-state index in [0.717, 1.165) is 5.56 Å². The molecule has 8 heteroatoms. The molecule has 1 N–H and O–H groups in total. The normalized spacial score (nSPS) is 14.9. The number of rotatable bonds is 7. The Bertz CT molecular complexity index is 1230. The quantitative estimate of drug-likeness (QED) is 0.524. The molecule has 1 atom stereocenters. The number of hydrogen-bond acceptors (Lipinski definition) is 7. The second-order valence-electron chi connectivity index (χ2n) is 8.77. The van der Waals surface area contributed by atoms with Gasteiger partial charge < -0.3 is 14.2 Å². The Balaban J connectivity index is 1.56. The number of carbonyl (C=O) groups is 2. The fourth-order valence-electron chi connectivity index (χ4n) is 4.28. The first-order chi connectivity index (χ1) is 16.8. The number of aromatic nitrogens is 2. The van der Waals surface area contributed by atoms with Crippen molar-refractivity contribution in [2.24, 2.45) is 0 Å².